The van der Waals surface area contributed by atoms with E-state index in [1.807, 2.05) is 25.1 Å². The van der Waals surface area contributed by atoms with Crippen LogP contribution in [0.4, 0.5) is 0 Å². The zero-order valence-electron chi connectivity index (χ0n) is 22.5. The Hall–Kier alpha value is -3.99. The molecule has 1 aromatic heterocycles. The number of benzene rings is 3. The number of rotatable bonds is 7. The number of allylic oxidation sites excluding steroid dienone is 1. The first-order chi connectivity index (χ1) is 18.6. The van der Waals surface area contributed by atoms with Crippen molar-refractivity contribution < 1.29 is 23.5 Å². The van der Waals surface area contributed by atoms with Crippen LogP contribution in [0.15, 0.2) is 66.9 Å². The molecular weight excluding hydrogens is 474 g/mol. The molecule has 4 aromatic rings. The number of methoxy groups -OCH3 is 1. The highest BCUT2D eigenvalue weighted by atomic mass is 16.7. The van der Waals surface area contributed by atoms with Crippen molar-refractivity contribution in [2.75, 3.05) is 20.5 Å². The largest absolute Gasteiger partial charge is 0.493 e. The first kappa shape index (κ1) is 24.4. The summed E-state index contributed by atoms with van der Waals surface area (Å²) in [6, 6.07) is 17.6. The first-order valence-corrected chi connectivity index (χ1v) is 13.4. The topological polar surface area (TPSA) is 40.8 Å². The molecule has 0 fully saturated rings. The molecule has 0 amide bonds. The Morgan fingerprint density at radius 2 is 1.79 bits per heavy atom. The molecule has 0 saturated heterocycles. The third kappa shape index (κ3) is 4.26. The van der Waals surface area contributed by atoms with Crippen molar-refractivity contribution in [3.8, 4) is 34.3 Å². The standard InChI is InChI=1S/C33H34NO4/c1-5-6-15-36-33-28-19-34-14-13-24-17-30-31(38-20-37-30)18-26(24)32(34)27(25(28)11-12-29(33)35-4)16-22-7-9-23(10-8-22)21(2)3/h5-12,17-19,21H,13-16,20H2,1-4H3/q+1/b6-5+. The van der Waals surface area contributed by atoms with Crippen molar-refractivity contribution in [1.29, 1.82) is 0 Å². The van der Waals surface area contributed by atoms with Gasteiger partial charge in [-0.25, -0.2) is 0 Å². The summed E-state index contributed by atoms with van der Waals surface area (Å²) >= 11 is 0. The van der Waals surface area contributed by atoms with E-state index in [1.165, 1.54) is 38.9 Å². The number of pyridine rings is 1. The summed E-state index contributed by atoms with van der Waals surface area (Å²) < 4.78 is 25.9. The predicted octanol–water partition coefficient (Wildman–Crippen LogP) is 6.76. The van der Waals surface area contributed by atoms with Gasteiger partial charge in [0.25, 0.3) is 0 Å². The van der Waals surface area contributed by atoms with E-state index < -0.39 is 0 Å². The molecule has 6 rings (SSSR count). The molecule has 3 aromatic carbocycles. The van der Waals surface area contributed by atoms with Crippen LogP contribution in [-0.4, -0.2) is 20.5 Å². The molecule has 0 unspecified atom stereocenters. The Morgan fingerprint density at radius 3 is 2.53 bits per heavy atom. The molecule has 0 atom stereocenters. The molecule has 5 nitrogen and oxygen atoms in total. The van der Waals surface area contributed by atoms with Gasteiger partial charge >= 0.3 is 0 Å². The normalized spacial score (nSPS) is 13.7. The molecule has 5 heteroatoms. The zero-order chi connectivity index (χ0) is 26.2. The Balaban J connectivity index is 1.58. The average Bonchev–Trinajstić information content (AvgIpc) is 3.39. The number of hydrogen-bond acceptors (Lipinski definition) is 4. The molecule has 38 heavy (non-hydrogen) atoms. The highest BCUT2D eigenvalue weighted by Gasteiger charge is 2.32. The molecule has 0 radical (unpaired) electrons. The van der Waals surface area contributed by atoms with Crippen LogP contribution in [0.1, 0.15) is 48.9 Å². The second-order valence-corrected chi connectivity index (χ2v) is 10.3. The summed E-state index contributed by atoms with van der Waals surface area (Å²) in [6.45, 7) is 8.11. The van der Waals surface area contributed by atoms with E-state index in [0.29, 0.717) is 12.5 Å². The molecule has 2 aliphatic heterocycles. The number of aryl methyl sites for hydroxylation is 2. The maximum atomic E-state index is 6.29. The fourth-order valence-electron chi connectivity index (χ4n) is 5.58. The molecule has 0 spiro atoms. The highest BCUT2D eigenvalue weighted by Crippen LogP contribution is 2.44. The Kier molecular flexibility index (Phi) is 6.44. The van der Waals surface area contributed by atoms with Crippen LogP contribution in [0.3, 0.4) is 0 Å². The van der Waals surface area contributed by atoms with Crippen LogP contribution >= 0.6 is 0 Å². The van der Waals surface area contributed by atoms with Crippen molar-refractivity contribution in [2.24, 2.45) is 0 Å². The second-order valence-electron chi connectivity index (χ2n) is 10.3. The minimum absolute atomic E-state index is 0.275. The highest BCUT2D eigenvalue weighted by molar-refractivity contribution is 5.95. The summed E-state index contributed by atoms with van der Waals surface area (Å²) in [7, 11) is 1.70. The number of fused-ring (bicyclic) bond motifs is 5. The molecule has 0 aliphatic carbocycles. The SMILES string of the molecule is C/C=C/COc1c(OC)ccc2c(Cc3ccc(C(C)C)cc3)c3[n+](cc12)CCc1cc2c(cc1-3)OCO2. The molecule has 2 aliphatic rings. The van der Waals surface area contributed by atoms with Gasteiger partial charge in [0.15, 0.2) is 35.7 Å². The number of ether oxygens (including phenoxy) is 4. The van der Waals surface area contributed by atoms with E-state index in [9.17, 15) is 0 Å². The molecular formula is C33H34NO4+. The number of aromatic nitrogens is 1. The van der Waals surface area contributed by atoms with Gasteiger partial charge in [0.1, 0.15) is 6.61 Å². The van der Waals surface area contributed by atoms with Crippen molar-refractivity contribution in [3.05, 3.63) is 89.1 Å². The second kappa shape index (κ2) is 10.1. The van der Waals surface area contributed by atoms with E-state index in [0.717, 1.165) is 47.8 Å². The van der Waals surface area contributed by atoms with E-state index in [-0.39, 0.29) is 6.79 Å². The van der Waals surface area contributed by atoms with Crippen molar-refractivity contribution >= 4 is 10.8 Å². The third-order valence-corrected chi connectivity index (χ3v) is 7.63. The lowest BCUT2D eigenvalue weighted by atomic mass is 9.88. The van der Waals surface area contributed by atoms with Crippen LogP contribution in [0, 0.1) is 0 Å². The monoisotopic (exact) mass is 508 g/mol. The van der Waals surface area contributed by atoms with Gasteiger partial charge in [-0.1, -0.05) is 50.3 Å². The molecule has 194 valence electrons. The Morgan fingerprint density at radius 1 is 1.00 bits per heavy atom. The first-order valence-electron chi connectivity index (χ1n) is 13.4. The van der Waals surface area contributed by atoms with Gasteiger partial charge in [-0.15, -0.1) is 0 Å². The van der Waals surface area contributed by atoms with Gasteiger partial charge < -0.3 is 18.9 Å². The summed E-state index contributed by atoms with van der Waals surface area (Å²) in [5, 5.41) is 2.24. The van der Waals surface area contributed by atoms with Gasteiger partial charge in [0.05, 0.1) is 18.1 Å². The number of hydrogen-bond donors (Lipinski definition) is 0. The van der Waals surface area contributed by atoms with E-state index in [2.05, 4.69) is 67.1 Å². The fourth-order valence-corrected chi connectivity index (χ4v) is 5.58. The summed E-state index contributed by atoms with van der Waals surface area (Å²) in [5.74, 6) is 3.69. The zero-order valence-corrected chi connectivity index (χ0v) is 22.5. The van der Waals surface area contributed by atoms with Crippen molar-refractivity contribution in [2.45, 2.75) is 46.1 Å². The minimum atomic E-state index is 0.275. The maximum Gasteiger partial charge on any atom is 0.231 e. The van der Waals surface area contributed by atoms with Crippen molar-refractivity contribution in [3.63, 3.8) is 0 Å². The van der Waals surface area contributed by atoms with Crippen molar-refractivity contribution in [1.82, 2.24) is 0 Å². The van der Waals surface area contributed by atoms with E-state index in [1.54, 1.807) is 7.11 Å². The fraction of sp³-hybridized carbons (Fsp3) is 0.303. The van der Waals surface area contributed by atoms with Crippen LogP contribution in [0.5, 0.6) is 23.0 Å². The quantitative estimate of drug-likeness (QED) is 0.204. The summed E-state index contributed by atoms with van der Waals surface area (Å²) in [6.07, 6.45) is 7.98. The molecule has 0 saturated carbocycles. The van der Waals surface area contributed by atoms with Gasteiger partial charge in [0.2, 0.25) is 12.5 Å². The smallest absolute Gasteiger partial charge is 0.231 e. The van der Waals surface area contributed by atoms with Crippen LogP contribution in [0.2, 0.25) is 0 Å². The molecule has 3 heterocycles. The van der Waals surface area contributed by atoms with Crippen LogP contribution in [-0.2, 0) is 19.4 Å². The van der Waals surface area contributed by atoms with Gasteiger partial charge in [0, 0.05) is 23.8 Å². The van der Waals surface area contributed by atoms with E-state index in [4.69, 9.17) is 18.9 Å². The van der Waals surface area contributed by atoms with Gasteiger partial charge in [-0.3, -0.25) is 0 Å². The predicted molar refractivity (Wildman–Crippen MR) is 150 cm³/mol. The third-order valence-electron chi connectivity index (χ3n) is 7.63. The summed E-state index contributed by atoms with van der Waals surface area (Å²) in [5.41, 5.74) is 7.65. The Bertz CT molecular complexity index is 1540. The minimum Gasteiger partial charge on any atom is -0.493 e. The Labute approximate surface area is 224 Å². The summed E-state index contributed by atoms with van der Waals surface area (Å²) in [4.78, 5) is 0. The lowest BCUT2D eigenvalue weighted by Crippen LogP contribution is -2.41. The van der Waals surface area contributed by atoms with E-state index >= 15 is 0 Å². The average molecular weight is 509 g/mol. The lowest BCUT2D eigenvalue weighted by Gasteiger charge is -2.21. The van der Waals surface area contributed by atoms with Crippen LogP contribution in [0.25, 0.3) is 22.0 Å². The van der Waals surface area contributed by atoms with Gasteiger partial charge in [-0.2, -0.15) is 4.57 Å². The molecule has 0 N–H and O–H groups in total. The lowest BCUT2D eigenvalue weighted by molar-refractivity contribution is -0.686. The van der Waals surface area contributed by atoms with Crippen LogP contribution < -0.4 is 23.5 Å². The maximum absolute atomic E-state index is 6.29. The number of nitrogens with zero attached hydrogens (tertiary/aromatic N) is 1. The molecule has 0 bridgehead atoms. The van der Waals surface area contributed by atoms with Gasteiger partial charge in [-0.05, 0) is 53.8 Å².